The van der Waals surface area contributed by atoms with Gasteiger partial charge in [-0.3, -0.25) is 14.9 Å². The summed E-state index contributed by atoms with van der Waals surface area (Å²) in [5.74, 6) is 0.111. The third-order valence-corrected chi connectivity index (χ3v) is 8.01. The Labute approximate surface area is 256 Å². The van der Waals surface area contributed by atoms with Gasteiger partial charge in [-0.15, -0.1) is 5.10 Å². The van der Waals surface area contributed by atoms with Crippen LogP contribution in [0.5, 0.6) is 5.75 Å². The molecule has 5 aromatic rings. The number of halogens is 1. The predicted octanol–water partition coefficient (Wildman–Crippen LogP) is 4.89. The van der Waals surface area contributed by atoms with Gasteiger partial charge in [0.25, 0.3) is 11.9 Å². The van der Waals surface area contributed by atoms with Crippen LogP contribution in [0.1, 0.15) is 22.3 Å². The molecule has 0 saturated heterocycles. The summed E-state index contributed by atoms with van der Waals surface area (Å²) in [7, 11) is 0. The molecule has 10 heteroatoms. The Morgan fingerprint density at radius 1 is 0.857 bits per heavy atom. The normalized spacial score (nSPS) is 15.5. The fraction of sp³-hybridized carbons (Fsp3) is 0.156. The molecule has 9 nitrogen and oxygen atoms in total. The second kappa shape index (κ2) is 12.1. The van der Waals surface area contributed by atoms with Crippen molar-refractivity contribution < 1.29 is 14.3 Å². The fourth-order valence-electron chi connectivity index (χ4n) is 5.18. The summed E-state index contributed by atoms with van der Waals surface area (Å²) in [4.78, 5) is 27.0. The highest BCUT2D eigenvalue weighted by atomic mass is 127. The predicted molar refractivity (Wildman–Crippen MR) is 167 cm³/mol. The minimum absolute atomic E-state index is 0.0512. The molecular formula is C32H27IN6O3. The largest absolute Gasteiger partial charge is 0.489 e. The number of nitrogens with zero attached hydrogens (tertiary/aromatic N) is 3. The number of ether oxygens (including phenoxy) is 1. The van der Waals surface area contributed by atoms with E-state index in [0.29, 0.717) is 25.2 Å². The third kappa shape index (κ3) is 6.33. The Kier molecular flexibility index (Phi) is 7.95. The number of nitrogens with one attached hydrogen (secondary N) is 3. The van der Waals surface area contributed by atoms with Gasteiger partial charge >= 0.3 is 0 Å². The minimum atomic E-state index is -1.20. The fourth-order valence-corrected chi connectivity index (χ4v) is 5.54. The summed E-state index contributed by atoms with van der Waals surface area (Å²) in [6, 6.07) is 31.8. The van der Waals surface area contributed by atoms with Crippen molar-refractivity contribution in [3.8, 4) is 16.9 Å². The first kappa shape index (κ1) is 27.6. The number of amides is 2. The molecule has 1 aromatic heterocycles. The summed E-state index contributed by atoms with van der Waals surface area (Å²) < 4.78 is 7.03. The summed E-state index contributed by atoms with van der Waals surface area (Å²) in [5.41, 5.74) is 4.84. The molecule has 2 amide bonds. The summed E-state index contributed by atoms with van der Waals surface area (Å²) >= 11 is 2.28. The van der Waals surface area contributed by atoms with E-state index in [2.05, 4.69) is 90.2 Å². The van der Waals surface area contributed by atoms with E-state index in [1.54, 1.807) is 0 Å². The van der Waals surface area contributed by atoms with Crippen LogP contribution in [-0.2, 0) is 35.5 Å². The quantitative estimate of drug-likeness (QED) is 0.192. The highest BCUT2D eigenvalue weighted by Crippen LogP contribution is 2.34. The molecule has 0 radical (unpaired) electrons. The molecule has 0 spiro atoms. The van der Waals surface area contributed by atoms with E-state index in [4.69, 9.17) is 4.74 Å². The van der Waals surface area contributed by atoms with E-state index < -0.39 is 11.4 Å². The van der Waals surface area contributed by atoms with Gasteiger partial charge in [0.05, 0.1) is 6.42 Å². The van der Waals surface area contributed by atoms with Crippen LogP contribution in [0.25, 0.3) is 11.1 Å². The number of hydrogen-bond acceptors (Lipinski definition) is 6. The number of tetrazole rings is 1. The molecule has 1 unspecified atom stereocenters. The van der Waals surface area contributed by atoms with Gasteiger partial charge in [0, 0.05) is 16.4 Å². The number of hydrogen-bond donors (Lipinski definition) is 3. The number of benzene rings is 4. The summed E-state index contributed by atoms with van der Waals surface area (Å²) in [6.45, 7) is 0.463. The Hall–Kier alpha value is -4.58. The van der Waals surface area contributed by atoms with Crippen molar-refractivity contribution in [3.05, 3.63) is 123 Å². The first-order chi connectivity index (χ1) is 20.5. The average molecular weight is 671 g/mol. The molecule has 1 aliphatic carbocycles. The molecule has 42 heavy (non-hydrogen) atoms. The van der Waals surface area contributed by atoms with Crippen LogP contribution in [0, 0.1) is 3.57 Å². The summed E-state index contributed by atoms with van der Waals surface area (Å²) in [6.07, 6.45) is 0.791. The molecule has 6 rings (SSSR count). The van der Waals surface area contributed by atoms with Gasteiger partial charge in [-0.1, -0.05) is 77.9 Å². The van der Waals surface area contributed by atoms with Crippen LogP contribution in [0.4, 0.5) is 5.95 Å². The molecule has 4 aromatic carbocycles. The van der Waals surface area contributed by atoms with Gasteiger partial charge in [-0.05, 0) is 85.5 Å². The van der Waals surface area contributed by atoms with Crippen LogP contribution in [0.15, 0.2) is 97.1 Å². The number of anilines is 1. The van der Waals surface area contributed by atoms with Crippen LogP contribution >= 0.6 is 22.6 Å². The monoisotopic (exact) mass is 670 g/mol. The second-order valence-electron chi connectivity index (χ2n) is 10.3. The van der Waals surface area contributed by atoms with E-state index in [9.17, 15) is 9.59 Å². The van der Waals surface area contributed by atoms with E-state index >= 15 is 0 Å². The van der Waals surface area contributed by atoms with E-state index in [-0.39, 0.29) is 18.3 Å². The zero-order valence-electron chi connectivity index (χ0n) is 22.5. The second-order valence-corrected chi connectivity index (χ2v) is 11.5. The molecule has 1 heterocycles. The average Bonchev–Trinajstić information content (AvgIpc) is 3.65. The van der Waals surface area contributed by atoms with Crippen molar-refractivity contribution >= 4 is 40.4 Å². The molecule has 3 N–H and O–H groups in total. The Morgan fingerprint density at radius 2 is 1.60 bits per heavy atom. The van der Waals surface area contributed by atoms with Crippen molar-refractivity contribution in [2.75, 3.05) is 5.32 Å². The lowest BCUT2D eigenvalue weighted by atomic mass is 9.93. The highest BCUT2D eigenvalue weighted by Gasteiger charge is 2.45. The lowest BCUT2D eigenvalue weighted by Crippen LogP contribution is -2.58. The van der Waals surface area contributed by atoms with E-state index in [1.807, 2.05) is 60.7 Å². The lowest BCUT2D eigenvalue weighted by molar-refractivity contribution is -0.129. The van der Waals surface area contributed by atoms with Gasteiger partial charge in [-0.25, -0.2) is 0 Å². The standard InChI is InChI=1S/C32H27IN6O3/c33-27-12-10-23(11-13-27)24-8-9-25-18-32(19-26(25)17-24,30(41)34-31-36-38-39-37-31)35-29(40)16-21-6-14-28(15-7-21)42-20-22-4-2-1-3-5-22/h1-15,17H,16,18-20H2,(H,35,40)(H2,34,36,37,38,39,41). The molecule has 0 bridgehead atoms. The molecule has 0 fully saturated rings. The number of aromatic amines is 1. The van der Waals surface area contributed by atoms with Crippen molar-refractivity contribution in [1.82, 2.24) is 25.9 Å². The first-order valence-electron chi connectivity index (χ1n) is 13.5. The van der Waals surface area contributed by atoms with Gasteiger partial charge in [0.2, 0.25) is 5.91 Å². The Morgan fingerprint density at radius 3 is 2.33 bits per heavy atom. The maximum Gasteiger partial charge on any atom is 0.269 e. The van der Waals surface area contributed by atoms with E-state index in [1.165, 1.54) is 0 Å². The SMILES string of the molecule is O=C(Cc1ccc(OCc2ccccc2)cc1)NC1(C(=O)Nc2nn[nH]n2)Cc2ccc(-c3ccc(I)cc3)cc2C1. The molecule has 210 valence electrons. The summed E-state index contributed by atoms with van der Waals surface area (Å²) in [5, 5.41) is 19.3. The Bertz CT molecular complexity index is 1690. The zero-order valence-corrected chi connectivity index (χ0v) is 24.7. The molecule has 0 aliphatic heterocycles. The highest BCUT2D eigenvalue weighted by molar-refractivity contribution is 14.1. The zero-order chi connectivity index (χ0) is 28.9. The van der Waals surface area contributed by atoms with E-state index in [0.717, 1.165) is 37.0 Å². The molecule has 0 saturated carbocycles. The maximum absolute atomic E-state index is 13.7. The van der Waals surface area contributed by atoms with Gasteiger partial charge in [0.15, 0.2) is 0 Å². The number of H-pyrrole nitrogens is 1. The molecular weight excluding hydrogens is 643 g/mol. The van der Waals surface area contributed by atoms with Crippen molar-refractivity contribution in [2.45, 2.75) is 31.4 Å². The van der Waals surface area contributed by atoms with Gasteiger partial charge < -0.3 is 10.1 Å². The van der Waals surface area contributed by atoms with Crippen LogP contribution < -0.4 is 15.4 Å². The number of aromatic nitrogens is 4. The maximum atomic E-state index is 13.7. The van der Waals surface area contributed by atoms with Gasteiger partial charge in [-0.2, -0.15) is 5.21 Å². The number of fused-ring (bicyclic) bond motifs is 1. The molecule has 1 aliphatic rings. The number of rotatable bonds is 9. The minimum Gasteiger partial charge on any atom is -0.489 e. The number of carbonyl (C=O) groups excluding carboxylic acids is 2. The van der Waals surface area contributed by atoms with Crippen molar-refractivity contribution in [3.63, 3.8) is 0 Å². The smallest absolute Gasteiger partial charge is 0.269 e. The first-order valence-corrected chi connectivity index (χ1v) is 14.5. The molecule has 1 atom stereocenters. The number of carbonyl (C=O) groups is 2. The third-order valence-electron chi connectivity index (χ3n) is 7.29. The van der Waals surface area contributed by atoms with Crippen LogP contribution in [-0.4, -0.2) is 38.0 Å². The van der Waals surface area contributed by atoms with Crippen LogP contribution in [0.3, 0.4) is 0 Å². The van der Waals surface area contributed by atoms with Crippen molar-refractivity contribution in [1.29, 1.82) is 0 Å². The van der Waals surface area contributed by atoms with Crippen molar-refractivity contribution in [2.24, 2.45) is 0 Å². The van der Waals surface area contributed by atoms with Crippen LogP contribution in [0.2, 0.25) is 0 Å². The van der Waals surface area contributed by atoms with Gasteiger partial charge in [0.1, 0.15) is 17.9 Å². The lowest BCUT2D eigenvalue weighted by Gasteiger charge is -2.28. The topological polar surface area (TPSA) is 122 Å². The Balaban J connectivity index is 1.17.